The number of hydrogen-bond acceptors (Lipinski definition) is 4. The van der Waals surface area contributed by atoms with Crippen LogP contribution in [0.1, 0.15) is 30.1 Å². The first kappa shape index (κ1) is 22.3. The maximum Gasteiger partial charge on any atom is 0.220 e. The molecule has 1 aliphatic rings. The number of nitrogen functional groups attached to an aromatic ring is 1. The number of carbonyl (C=O) groups is 1. The van der Waals surface area contributed by atoms with E-state index in [-0.39, 0.29) is 17.8 Å². The van der Waals surface area contributed by atoms with E-state index in [1.165, 1.54) is 12.1 Å². The van der Waals surface area contributed by atoms with Crippen molar-refractivity contribution in [3.63, 3.8) is 0 Å². The third kappa shape index (κ3) is 6.07. The number of amides is 1. The van der Waals surface area contributed by atoms with Crippen LogP contribution in [0.3, 0.4) is 0 Å². The van der Waals surface area contributed by atoms with Crippen molar-refractivity contribution in [1.82, 2.24) is 10.3 Å². The van der Waals surface area contributed by atoms with Crippen molar-refractivity contribution in [2.45, 2.75) is 25.4 Å². The largest absolute Gasteiger partial charge is 0.485 e. The molecule has 4 aromatic rings. The monoisotopic (exact) mass is 443 g/mol. The Hall–Kier alpha value is -3.93. The van der Waals surface area contributed by atoms with Gasteiger partial charge in [-0.3, -0.25) is 9.78 Å². The van der Waals surface area contributed by atoms with Crippen molar-refractivity contribution in [3.05, 3.63) is 102 Å². The Balaban J connectivity index is 0.000000376. The number of benzene rings is 3. The highest BCUT2D eigenvalue weighted by atomic mass is 19.1. The van der Waals surface area contributed by atoms with Gasteiger partial charge in [0.05, 0.1) is 5.52 Å². The predicted octanol–water partition coefficient (Wildman–Crippen LogP) is 5.22. The Labute approximate surface area is 192 Å². The van der Waals surface area contributed by atoms with Gasteiger partial charge in [-0.1, -0.05) is 36.4 Å². The molecule has 168 valence electrons. The Kier molecular flexibility index (Phi) is 7.15. The zero-order valence-corrected chi connectivity index (χ0v) is 18.2. The van der Waals surface area contributed by atoms with Crippen molar-refractivity contribution >= 4 is 22.5 Å². The van der Waals surface area contributed by atoms with Crippen LogP contribution in [0.25, 0.3) is 10.9 Å². The molecule has 0 bridgehead atoms. The van der Waals surface area contributed by atoms with Gasteiger partial charge in [0.15, 0.2) is 0 Å². The number of nitrogens with two attached hydrogens (primary N) is 1. The molecule has 1 fully saturated rings. The third-order valence-electron chi connectivity index (χ3n) is 5.41. The summed E-state index contributed by atoms with van der Waals surface area (Å²) in [5.74, 6) is 0.681. The van der Waals surface area contributed by atoms with E-state index >= 15 is 0 Å². The molecule has 1 unspecified atom stereocenters. The highest BCUT2D eigenvalue weighted by Gasteiger charge is 2.18. The first-order valence-electron chi connectivity index (χ1n) is 11.0. The van der Waals surface area contributed by atoms with Crippen LogP contribution in [-0.4, -0.2) is 17.4 Å². The van der Waals surface area contributed by atoms with E-state index in [1.54, 1.807) is 18.3 Å². The average molecular weight is 444 g/mol. The zero-order valence-electron chi connectivity index (χ0n) is 18.2. The Morgan fingerprint density at radius 1 is 1.00 bits per heavy atom. The van der Waals surface area contributed by atoms with Gasteiger partial charge in [0.2, 0.25) is 5.91 Å². The van der Waals surface area contributed by atoms with Gasteiger partial charge in [0, 0.05) is 42.2 Å². The molecule has 33 heavy (non-hydrogen) atoms. The fraction of sp³-hybridized carbons (Fsp3) is 0.185. The summed E-state index contributed by atoms with van der Waals surface area (Å²) in [7, 11) is 0. The molecular weight excluding hydrogens is 417 g/mol. The maximum atomic E-state index is 13.3. The number of nitrogens with zero attached hydrogens (tertiary/aromatic N) is 1. The highest BCUT2D eigenvalue weighted by molar-refractivity contribution is 5.82. The number of ether oxygens (including phenoxy) is 1. The lowest BCUT2D eigenvalue weighted by molar-refractivity contribution is -0.119. The molecule has 0 spiro atoms. The minimum Gasteiger partial charge on any atom is -0.485 e. The molecule has 0 radical (unpaired) electrons. The molecule has 2 heterocycles. The second-order valence-corrected chi connectivity index (χ2v) is 7.88. The summed E-state index contributed by atoms with van der Waals surface area (Å²) in [5, 5.41) is 3.74. The molecule has 6 heteroatoms. The van der Waals surface area contributed by atoms with Crippen molar-refractivity contribution in [3.8, 4) is 5.75 Å². The number of fused-ring (bicyclic) bond motifs is 1. The lowest BCUT2D eigenvalue weighted by atomic mass is 9.98. The molecule has 0 aliphatic carbocycles. The number of pyridine rings is 1. The van der Waals surface area contributed by atoms with Gasteiger partial charge >= 0.3 is 0 Å². The summed E-state index contributed by atoms with van der Waals surface area (Å²) in [6.07, 6.45) is 3.88. The molecule has 1 atom stereocenters. The van der Waals surface area contributed by atoms with E-state index in [4.69, 9.17) is 10.5 Å². The molecule has 1 aromatic heterocycles. The molecule has 5 rings (SSSR count). The summed E-state index contributed by atoms with van der Waals surface area (Å²) in [6, 6.07) is 23.9. The van der Waals surface area contributed by atoms with Crippen LogP contribution < -0.4 is 15.8 Å². The van der Waals surface area contributed by atoms with Crippen molar-refractivity contribution in [2.75, 3.05) is 12.3 Å². The first-order valence-corrected chi connectivity index (χ1v) is 11.0. The molecule has 1 aliphatic heterocycles. The molecule has 3 N–H and O–H groups in total. The molecule has 3 aromatic carbocycles. The smallest absolute Gasteiger partial charge is 0.220 e. The quantitative estimate of drug-likeness (QED) is 0.415. The van der Waals surface area contributed by atoms with Crippen molar-refractivity contribution in [1.29, 1.82) is 0 Å². The van der Waals surface area contributed by atoms with E-state index in [9.17, 15) is 9.18 Å². The van der Waals surface area contributed by atoms with Gasteiger partial charge < -0.3 is 15.8 Å². The molecule has 5 nitrogen and oxygen atoms in total. The zero-order chi connectivity index (χ0) is 23.0. The molecule has 1 saturated heterocycles. The number of aromatic nitrogens is 1. The van der Waals surface area contributed by atoms with E-state index in [0.29, 0.717) is 12.1 Å². The number of para-hydroxylation sites is 1. The Morgan fingerprint density at radius 2 is 1.76 bits per heavy atom. The van der Waals surface area contributed by atoms with Gasteiger partial charge in [-0.2, -0.15) is 0 Å². The Bertz CT molecular complexity index is 1150. The normalized spacial score (nSPS) is 13.7. The number of carbonyl (C=O) groups excluding carboxylic acids is 1. The van der Waals surface area contributed by atoms with Crippen LogP contribution in [0.5, 0.6) is 5.75 Å². The van der Waals surface area contributed by atoms with Crippen LogP contribution in [0.2, 0.25) is 0 Å². The highest BCUT2D eigenvalue weighted by Crippen LogP contribution is 2.30. The third-order valence-corrected chi connectivity index (χ3v) is 5.41. The minimum atomic E-state index is -0.266. The Morgan fingerprint density at radius 3 is 2.42 bits per heavy atom. The maximum absolute atomic E-state index is 13.3. The summed E-state index contributed by atoms with van der Waals surface area (Å²) >= 11 is 0. The topological polar surface area (TPSA) is 77.2 Å². The van der Waals surface area contributed by atoms with E-state index < -0.39 is 0 Å². The number of hydrogen-bond donors (Lipinski definition) is 2. The van der Waals surface area contributed by atoms with Gasteiger partial charge in [-0.15, -0.1) is 0 Å². The van der Waals surface area contributed by atoms with Gasteiger partial charge in [0.1, 0.15) is 17.7 Å². The van der Waals surface area contributed by atoms with Crippen molar-refractivity contribution in [2.24, 2.45) is 0 Å². The SMILES string of the molecule is Nc1ccc(OC(Cc2ccc(F)cc2)c2cccc3cccnc23)cc1.O=C1CCCN1. The standard InChI is InChI=1S/C23H19FN2O.C4H7NO/c24-18-8-6-16(7-9-18)15-22(27-20-12-10-19(25)11-13-20)21-5-1-3-17-4-2-14-26-23(17)21;6-4-2-1-3-5-4/h1-14,22H,15,25H2;1-3H2,(H,5,6). The van der Waals surface area contributed by atoms with Gasteiger partial charge in [0.25, 0.3) is 0 Å². The minimum absolute atomic E-state index is 0.204. The fourth-order valence-corrected chi connectivity index (χ4v) is 3.71. The van der Waals surface area contributed by atoms with Gasteiger partial charge in [-0.05, 0) is 54.4 Å². The lowest BCUT2D eigenvalue weighted by Gasteiger charge is -2.21. The number of nitrogens with one attached hydrogen (secondary N) is 1. The summed E-state index contributed by atoms with van der Waals surface area (Å²) in [5.41, 5.74) is 9.35. The van der Waals surface area contributed by atoms with Crippen LogP contribution in [0, 0.1) is 5.82 Å². The van der Waals surface area contributed by atoms with Gasteiger partial charge in [-0.25, -0.2) is 4.39 Å². The fourth-order valence-electron chi connectivity index (χ4n) is 3.71. The number of halogens is 1. The summed E-state index contributed by atoms with van der Waals surface area (Å²) < 4.78 is 19.6. The van der Waals surface area contributed by atoms with Crippen molar-refractivity contribution < 1.29 is 13.9 Å². The first-order chi connectivity index (χ1) is 16.1. The molecule has 0 saturated carbocycles. The van der Waals surface area contributed by atoms with E-state index in [2.05, 4.69) is 10.3 Å². The predicted molar refractivity (Wildman–Crippen MR) is 128 cm³/mol. The number of anilines is 1. The summed E-state index contributed by atoms with van der Waals surface area (Å²) in [6.45, 7) is 0.888. The van der Waals surface area contributed by atoms with E-state index in [1.807, 2.05) is 54.6 Å². The van der Waals surface area contributed by atoms with Crippen LogP contribution in [0.15, 0.2) is 85.1 Å². The number of rotatable bonds is 5. The van der Waals surface area contributed by atoms with E-state index in [0.717, 1.165) is 47.2 Å². The van der Waals surface area contributed by atoms with Crippen LogP contribution in [0.4, 0.5) is 10.1 Å². The second-order valence-electron chi connectivity index (χ2n) is 7.88. The molecule has 1 amide bonds. The lowest BCUT2D eigenvalue weighted by Crippen LogP contribution is -2.12. The van der Waals surface area contributed by atoms with Crippen LogP contribution >= 0.6 is 0 Å². The molecular formula is C27H26FN3O2. The summed E-state index contributed by atoms with van der Waals surface area (Å²) in [4.78, 5) is 14.7. The average Bonchev–Trinajstić information content (AvgIpc) is 3.32. The second kappa shape index (κ2) is 10.6. The van der Waals surface area contributed by atoms with Crippen LogP contribution in [-0.2, 0) is 11.2 Å².